The molecule has 0 radical (unpaired) electrons. The van der Waals surface area contributed by atoms with E-state index in [2.05, 4.69) is 15.5 Å². The van der Waals surface area contributed by atoms with Crippen LogP contribution in [0.25, 0.3) is 5.65 Å². The molecule has 2 aromatic heterocycles. The van der Waals surface area contributed by atoms with Gasteiger partial charge in [0.15, 0.2) is 5.65 Å². The van der Waals surface area contributed by atoms with Crippen LogP contribution in [-0.2, 0) is 6.18 Å². The van der Waals surface area contributed by atoms with E-state index in [0.717, 1.165) is 36.3 Å². The van der Waals surface area contributed by atoms with Crippen molar-refractivity contribution in [2.75, 3.05) is 31.1 Å². The molecule has 102 valence electrons. The topological polar surface area (TPSA) is 45.5 Å². The number of alkyl halides is 3. The molecule has 1 aliphatic rings. The Bertz CT molecular complexity index is 586. The van der Waals surface area contributed by atoms with Crippen LogP contribution < -0.4 is 10.2 Å². The number of hydrogen-bond acceptors (Lipinski definition) is 4. The molecule has 0 aromatic carbocycles. The monoisotopic (exact) mass is 271 g/mol. The lowest BCUT2D eigenvalue weighted by Gasteiger charge is -2.29. The minimum atomic E-state index is -4.50. The highest BCUT2D eigenvalue weighted by Gasteiger charge is 2.37. The molecule has 3 heterocycles. The van der Waals surface area contributed by atoms with Crippen molar-refractivity contribution in [1.29, 1.82) is 0 Å². The summed E-state index contributed by atoms with van der Waals surface area (Å²) in [5.41, 5.74) is 0.950. The summed E-state index contributed by atoms with van der Waals surface area (Å²) in [6, 6.07) is 3.33. The molecular weight excluding hydrogens is 259 g/mol. The maximum absolute atomic E-state index is 12.8. The fourth-order valence-electron chi connectivity index (χ4n) is 2.18. The molecule has 1 fully saturated rings. The van der Waals surface area contributed by atoms with Gasteiger partial charge in [-0.05, 0) is 12.1 Å². The highest BCUT2D eigenvalue weighted by atomic mass is 19.4. The summed E-state index contributed by atoms with van der Waals surface area (Å²) in [6.07, 6.45) is -3.05. The van der Waals surface area contributed by atoms with Gasteiger partial charge in [0.25, 0.3) is 0 Å². The van der Waals surface area contributed by atoms with Crippen LogP contribution in [0.1, 0.15) is 5.82 Å². The third-order valence-electron chi connectivity index (χ3n) is 3.12. The Kier molecular flexibility index (Phi) is 2.81. The first kappa shape index (κ1) is 12.2. The Hall–Kier alpha value is -1.83. The van der Waals surface area contributed by atoms with Gasteiger partial charge < -0.3 is 10.2 Å². The molecule has 1 saturated heterocycles. The number of hydrogen-bond donors (Lipinski definition) is 1. The van der Waals surface area contributed by atoms with Crippen LogP contribution in [0.2, 0.25) is 0 Å². The van der Waals surface area contributed by atoms with E-state index < -0.39 is 12.0 Å². The lowest BCUT2D eigenvalue weighted by Crippen LogP contribution is -2.43. The lowest BCUT2D eigenvalue weighted by molar-refractivity contribution is -0.145. The molecule has 0 atom stereocenters. The second-order valence-corrected chi connectivity index (χ2v) is 4.37. The van der Waals surface area contributed by atoms with Gasteiger partial charge in [-0.3, -0.25) is 4.40 Å². The third-order valence-corrected chi connectivity index (χ3v) is 3.12. The predicted octanol–water partition coefficient (Wildman–Crippen LogP) is 1.16. The van der Waals surface area contributed by atoms with Gasteiger partial charge in [-0.15, -0.1) is 10.2 Å². The number of piperazine rings is 1. The number of halogens is 3. The maximum atomic E-state index is 12.8. The van der Waals surface area contributed by atoms with Gasteiger partial charge in [-0.25, -0.2) is 0 Å². The van der Waals surface area contributed by atoms with Crippen molar-refractivity contribution < 1.29 is 13.2 Å². The normalized spacial score (nSPS) is 17.1. The van der Waals surface area contributed by atoms with Crippen LogP contribution in [-0.4, -0.2) is 40.8 Å². The number of anilines is 1. The van der Waals surface area contributed by atoms with E-state index in [4.69, 9.17) is 0 Å². The summed E-state index contributed by atoms with van der Waals surface area (Å²) in [5, 5.41) is 9.94. The smallest absolute Gasteiger partial charge is 0.368 e. The minimum Gasteiger partial charge on any atom is -0.368 e. The zero-order chi connectivity index (χ0) is 13.5. The second-order valence-electron chi connectivity index (χ2n) is 4.37. The molecule has 0 bridgehead atoms. The number of nitrogens with one attached hydrogen (secondary N) is 1. The molecule has 0 unspecified atom stereocenters. The van der Waals surface area contributed by atoms with Crippen LogP contribution >= 0.6 is 0 Å². The minimum absolute atomic E-state index is 0.200. The van der Waals surface area contributed by atoms with E-state index in [1.54, 1.807) is 12.1 Å². The zero-order valence-corrected chi connectivity index (χ0v) is 9.98. The van der Waals surface area contributed by atoms with Crippen LogP contribution in [0.3, 0.4) is 0 Å². The van der Waals surface area contributed by atoms with Crippen molar-refractivity contribution in [1.82, 2.24) is 19.9 Å². The number of rotatable bonds is 1. The molecule has 3 rings (SSSR count). The first-order valence-corrected chi connectivity index (χ1v) is 5.93. The van der Waals surface area contributed by atoms with Crippen molar-refractivity contribution in [3.05, 3.63) is 24.2 Å². The summed E-state index contributed by atoms with van der Waals surface area (Å²) >= 11 is 0. The fraction of sp³-hybridized carbons (Fsp3) is 0.455. The van der Waals surface area contributed by atoms with Gasteiger partial charge in [-0.1, -0.05) is 0 Å². The van der Waals surface area contributed by atoms with E-state index in [1.165, 1.54) is 6.20 Å². The van der Waals surface area contributed by atoms with Crippen LogP contribution in [0.5, 0.6) is 0 Å². The van der Waals surface area contributed by atoms with Crippen molar-refractivity contribution in [3.8, 4) is 0 Å². The molecular formula is C11H12F3N5. The van der Waals surface area contributed by atoms with Crippen molar-refractivity contribution in [2.24, 2.45) is 0 Å². The van der Waals surface area contributed by atoms with Crippen LogP contribution in [0.4, 0.5) is 18.9 Å². The van der Waals surface area contributed by atoms with E-state index >= 15 is 0 Å². The molecule has 5 nitrogen and oxygen atoms in total. The summed E-state index contributed by atoms with van der Waals surface area (Å²) < 4.78 is 39.3. The first-order valence-electron chi connectivity index (χ1n) is 5.93. The Morgan fingerprint density at radius 1 is 1.11 bits per heavy atom. The van der Waals surface area contributed by atoms with Gasteiger partial charge in [0.05, 0.1) is 5.69 Å². The third kappa shape index (κ3) is 2.23. The van der Waals surface area contributed by atoms with Crippen molar-refractivity contribution in [3.63, 3.8) is 0 Å². The maximum Gasteiger partial charge on any atom is 0.452 e. The highest BCUT2D eigenvalue weighted by Crippen LogP contribution is 2.29. The lowest BCUT2D eigenvalue weighted by atomic mass is 10.3. The molecule has 1 aliphatic heterocycles. The van der Waals surface area contributed by atoms with Crippen LogP contribution in [0, 0.1) is 0 Å². The van der Waals surface area contributed by atoms with Gasteiger partial charge in [0.2, 0.25) is 5.82 Å². The quantitative estimate of drug-likeness (QED) is 0.845. The predicted molar refractivity (Wildman–Crippen MR) is 63.1 cm³/mol. The Morgan fingerprint density at radius 2 is 1.84 bits per heavy atom. The van der Waals surface area contributed by atoms with Gasteiger partial charge in [0.1, 0.15) is 0 Å². The van der Waals surface area contributed by atoms with Crippen LogP contribution in [0.15, 0.2) is 18.3 Å². The van der Waals surface area contributed by atoms with Gasteiger partial charge in [-0.2, -0.15) is 13.2 Å². The molecule has 0 saturated carbocycles. The molecule has 19 heavy (non-hydrogen) atoms. The SMILES string of the molecule is FC(F)(F)c1nnc2ccc(N3CCNCC3)cn12. The summed E-state index contributed by atoms with van der Waals surface area (Å²) in [4.78, 5) is 2.04. The molecule has 0 amide bonds. The number of pyridine rings is 1. The van der Waals surface area contributed by atoms with Crippen molar-refractivity contribution >= 4 is 11.3 Å². The largest absolute Gasteiger partial charge is 0.452 e. The highest BCUT2D eigenvalue weighted by molar-refractivity contribution is 5.52. The Balaban J connectivity index is 2.03. The van der Waals surface area contributed by atoms with E-state index in [-0.39, 0.29) is 5.65 Å². The molecule has 0 aliphatic carbocycles. The zero-order valence-electron chi connectivity index (χ0n) is 9.98. The van der Waals surface area contributed by atoms with Crippen molar-refractivity contribution in [2.45, 2.75) is 6.18 Å². The van der Waals surface area contributed by atoms with E-state index in [9.17, 15) is 13.2 Å². The molecule has 0 spiro atoms. The molecule has 2 aromatic rings. The summed E-state index contributed by atoms with van der Waals surface area (Å²) in [5.74, 6) is -0.987. The number of fused-ring (bicyclic) bond motifs is 1. The van der Waals surface area contributed by atoms with Gasteiger partial charge >= 0.3 is 6.18 Å². The standard InChI is InChI=1S/C11H12F3N5/c12-11(13,14)10-17-16-9-2-1-8(7-19(9)10)18-5-3-15-4-6-18/h1-2,7,15H,3-6H2. The van der Waals surface area contributed by atoms with E-state index in [0.29, 0.717) is 0 Å². The number of nitrogens with zero attached hydrogens (tertiary/aromatic N) is 4. The first-order chi connectivity index (χ1) is 9.05. The fourth-order valence-corrected chi connectivity index (χ4v) is 2.18. The Morgan fingerprint density at radius 3 is 2.53 bits per heavy atom. The average Bonchev–Trinajstić information content (AvgIpc) is 2.82. The molecule has 1 N–H and O–H groups in total. The Labute approximate surface area is 107 Å². The average molecular weight is 271 g/mol. The van der Waals surface area contributed by atoms with Gasteiger partial charge in [0, 0.05) is 32.4 Å². The summed E-state index contributed by atoms with van der Waals surface area (Å²) in [6.45, 7) is 3.20. The summed E-state index contributed by atoms with van der Waals surface area (Å²) in [7, 11) is 0. The van der Waals surface area contributed by atoms with E-state index in [1.807, 2.05) is 4.90 Å². The number of aromatic nitrogens is 3. The molecule has 8 heteroatoms. The second kappa shape index (κ2) is 4.37.